The van der Waals surface area contributed by atoms with Gasteiger partial charge >= 0.3 is 0 Å². The van der Waals surface area contributed by atoms with Crippen LogP contribution in [0.2, 0.25) is 0 Å². The molecule has 0 saturated carbocycles. The fourth-order valence-electron chi connectivity index (χ4n) is 3.67. The average Bonchev–Trinajstić information content (AvgIpc) is 2.62. The predicted octanol–water partition coefficient (Wildman–Crippen LogP) is 2.92. The Kier molecular flexibility index (Phi) is 5.39. The molecule has 0 spiro atoms. The summed E-state index contributed by atoms with van der Waals surface area (Å²) in [6.45, 7) is 6.34. The molecule has 0 aromatic heterocycles. The Morgan fingerprint density at radius 1 is 1.25 bits per heavy atom. The molecule has 0 aliphatic carbocycles. The van der Waals surface area contributed by atoms with Crippen LogP contribution in [0.4, 0.5) is 4.39 Å². The molecule has 0 unspecified atom stereocenters. The minimum Gasteiger partial charge on any atom is -0.381 e. The van der Waals surface area contributed by atoms with Gasteiger partial charge in [-0.2, -0.15) is 0 Å². The number of halogens is 1. The molecule has 132 valence electrons. The van der Waals surface area contributed by atoms with Crippen LogP contribution in [0.15, 0.2) is 29.3 Å². The molecular weight excluding hydrogens is 305 g/mol. The summed E-state index contributed by atoms with van der Waals surface area (Å²) in [6, 6.07) is 6.83. The van der Waals surface area contributed by atoms with Crippen LogP contribution >= 0.6 is 0 Å². The van der Waals surface area contributed by atoms with E-state index in [9.17, 15) is 4.39 Å². The summed E-state index contributed by atoms with van der Waals surface area (Å²) in [7, 11) is 0. The number of piperidine rings is 1. The lowest BCUT2D eigenvalue weighted by atomic mass is 9.74. The topological polar surface area (TPSA) is 50.8 Å². The van der Waals surface area contributed by atoms with Crippen LogP contribution in [0.3, 0.4) is 0 Å². The van der Waals surface area contributed by atoms with Crippen molar-refractivity contribution in [2.45, 2.75) is 38.0 Å². The maximum atomic E-state index is 13.3. The third-order valence-electron chi connectivity index (χ3n) is 5.56. The van der Waals surface area contributed by atoms with Crippen molar-refractivity contribution in [1.29, 1.82) is 0 Å². The highest BCUT2D eigenvalue weighted by Crippen LogP contribution is 2.35. The van der Waals surface area contributed by atoms with Crippen LogP contribution in [-0.2, 0) is 10.2 Å². The number of aliphatic imine (C=N–C) groups is 1. The van der Waals surface area contributed by atoms with E-state index in [1.54, 1.807) is 0 Å². The maximum Gasteiger partial charge on any atom is 0.191 e. The summed E-state index contributed by atoms with van der Waals surface area (Å²) >= 11 is 0. The van der Waals surface area contributed by atoms with E-state index in [0.717, 1.165) is 37.4 Å². The number of hydrogen-bond donors (Lipinski definition) is 1. The predicted molar refractivity (Wildman–Crippen MR) is 94.6 cm³/mol. The zero-order chi connectivity index (χ0) is 17.0. The lowest BCUT2D eigenvalue weighted by molar-refractivity contribution is 0.0530. The van der Waals surface area contributed by atoms with Crippen molar-refractivity contribution < 1.29 is 9.13 Å². The highest BCUT2D eigenvalue weighted by molar-refractivity contribution is 5.78. The van der Waals surface area contributed by atoms with Gasteiger partial charge in [0.1, 0.15) is 5.82 Å². The minimum atomic E-state index is -0.202. The second-order valence-corrected chi connectivity index (χ2v) is 7.24. The number of nitrogens with zero attached hydrogens (tertiary/aromatic N) is 2. The zero-order valence-corrected chi connectivity index (χ0v) is 14.5. The van der Waals surface area contributed by atoms with Gasteiger partial charge in [-0.3, -0.25) is 4.99 Å². The largest absolute Gasteiger partial charge is 0.381 e. The molecular formula is C19H28FN3O. The van der Waals surface area contributed by atoms with E-state index >= 15 is 0 Å². The Balaban J connectivity index is 1.74. The molecule has 0 amide bonds. The summed E-state index contributed by atoms with van der Waals surface area (Å²) in [5, 5.41) is 0. The van der Waals surface area contributed by atoms with Gasteiger partial charge in [-0.05, 0) is 49.3 Å². The van der Waals surface area contributed by atoms with Gasteiger partial charge in [0.2, 0.25) is 0 Å². The molecule has 2 saturated heterocycles. The van der Waals surface area contributed by atoms with Crippen molar-refractivity contribution >= 4 is 5.96 Å². The third kappa shape index (κ3) is 3.89. The minimum absolute atomic E-state index is 0.0976. The molecule has 2 fully saturated rings. The van der Waals surface area contributed by atoms with E-state index in [2.05, 4.69) is 11.8 Å². The summed E-state index contributed by atoms with van der Waals surface area (Å²) in [5.74, 6) is 1.22. The normalized spacial score (nSPS) is 22.6. The number of hydrogen-bond acceptors (Lipinski definition) is 2. The van der Waals surface area contributed by atoms with Gasteiger partial charge in [0.05, 0.1) is 6.54 Å². The maximum absolute atomic E-state index is 13.3. The molecule has 3 rings (SSSR count). The van der Waals surface area contributed by atoms with Crippen LogP contribution < -0.4 is 5.73 Å². The van der Waals surface area contributed by atoms with Crippen molar-refractivity contribution in [2.24, 2.45) is 16.6 Å². The molecule has 0 bridgehead atoms. The molecule has 2 aliphatic rings. The van der Waals surface area contributed by atoms with Crippen molar-refractivity contribution in [1.82, 2.24) is 4.90 Å². The van der Waals surface area contributed by atoms with Crippen molar-refractivity contribution in [3.63, 3.8) is 0 Å². The first-order chi connectivity index (χ1) is 11.6. The highest BCUT2D eigenvalue weighted by atomic mass is 19.1. The van der Waals surface area contributed by atoms with Gasteiger partial charge in [0, 0.05) is 31.7 Å². The van der Waals surface area contributed by atoms with Gasteiger partial charge in [0.25, 0.3) is 0 Å². The molecule has 4 nitrogen and oxygen atoms in total. The standard InChI is InChI=1S/C19H28FN3O/c1-15-6-10-23(11-7-15)18(21)22-14-19(8-12-24-13-9-19)16-2-4-17(20)5-3-16/h2-5,15H,6-14H2,1H3,(H2,21,22). The fraction of sp³-hybridized carbons (Fsp3) is 0.632. The van der Waals surface area contributed by atoms with E-state index in [4.69, 9.17) is 15.5 Å². The molecule has 0 radical (unpaired) electrons. The molecule has 1 aromatic rings. The molecule has 1 aromatic carbocycles. The van der Waals surface area contributed by atoms with Gasteiger partial charge in [-0.25, -0.2) is 4.39 Å². The third-order valence-corrected chi connectivity index (χ3v) is 5.56. The Bertz CT molecular complexity index is 558. The summed E-state index contributed by atoms with van der Waals surface area (Å²) in [6.07, 6.45) is 4.14. The summed E-state index contributed by atoms with van der Waals surface area (Å²) in [5.41, 5.74) is 7.29. The molecule has 0 atom stereocenters. The number of guanidine groups is 1. The van der Waals surface area contributed by atoms with Crippen LogP contribution in [-0.4, -0.2) is 43.7 Å². The zero-order valence-electron chi connectivity index (χ0n) is 14.5. The van der Waals surface area contributed by atoms with Crippen LogP contribution in [0.1, 0.15) is 38.2 Å². The summed E-state index contributed by atoms with van der Waals surface area (Å²) < 4.78 is 18.8. The first-order valence-corrected chi connectivity index (χ1v) is 8.98. The molecule has 2 aliphatic heterocycles. The molecule has 24 heavy (non-hydrogen) atoms. The van der Waals surface area contributed by atoms with Crippen LogP contribution in [0.25, 0.3) is 0 Å². The quantitative estimate of drug-likeness (QED) is 0.683. The van der Waals surface area contributed by atoms with Gasteiger partial charge in [-0.1, -0.05) is 19.1 Å². The SMILES string of the molecule is CC1CCN(C(N)=NCC2(c3ccc(F)cc3)CCOCC2)CC1. The Labute approximate surface area is 143 Å². The van der Waals surface area contributed by atoms with E-state index in [1.165, 1.54) is 25.0 Å². The summed E-state index contributed by atoms with van der Waals surface area (Å²) in [4.78, 5) is 6.93. The average molecular weight is 333 g/mol. The van der Waals surface area contributed by atoms with E-state index in [0.29, 0.717) is 25.7 Å². The van der Waals surface area contributed by atoms with Crippen molar-refractivity contribution in [3.8, 4) is 0 Å². The van der Waals surface area contributed by atoms with E-state index in [-0.39, 0.29) is 11.2 Å². The Morgan fingerprint density at radius 2 is 1.88 bits per heavy atom. The number of likely N-dealkylation sites (tertiary alicyclic amines) is 1. The highest BCUT2D eigenvalue weighted by Gasteiger charge is 2.34. The molecule has 2 heterocycles. The fourth-order valence-corrected chi connectivity index (χ4v) is 3.67. The van der Waals surface area contributed by atoms with Gasteiger partial charge in [-0.15, -0.1) is 0 Å². The Hall–Kier alpha value is -1.62. The van der Waals surface area contributed by atoms with Crippen LogP contribution in [0, 0.1) is 11.7 Å². The van der Waals surface area contributed by atoms with E-state index < -0.39 is 0 Å². The Morgan fingerprint density at radius 3 is 2.50 bits per heavy atom. The van der Waals surface area contributed by atoms with Gasteiger partial charge in [0.15, 0.2) is 5.96 Å². The second kappa shape index (κ2) is 7.51. The second-order valence-electron chi connectivity index (χ2n) is 7.24. The number of nitrogens with two attached hydrogens (primary N) is 1. The van der Waals surface area contributed by atoms with Crippen LogP contribution in [0.5, 0.6) is 0 Å². The lowest BCUT2D eigenvalue weighted by Crippen LogP contribution is -2.44. The monoisotopic (exact) mass is 333 g/mol. The van der Waals surface area contributed by atoms with Crippen molar-refractivity contribution in [3.05, 3.63) is 35.6 Å². The van der Waals surface area contributed by atoms with E-state index in [1.807, 2.05) is 12.1 Å². The number of ether oxygens (including phenoxy) is 1. The first kappa shape index (κ1) is 17.2. The first-order valence-electron chi connectivity index (χ1n) is 8.98. The lowest BCUT2D eigenvalue weighted by Gasteiger charge is -2.37. The smallest absolute Gasteiger partial charge is 0.191 e. The molecule has 2 N–H and O–H groups in total. The molecule has 5 heteroatoms. The van der Waals surface area contributed by atoms with Crippen molar-refractivity contribution in [2.75, 3.05) is 32.8 Å². The number of rotatable bonds is 3. The number of benzene rings is 1. The van der Waals surface area contributed by atoms with Gasteiger partial charge < -0.3 is 15.4 Å².